The molecule has 0 atom stereocenters. The summed E-state index contributed by atoms with van der Waals surface area (Å²) in [5.74, 6) is -4.07. The number of hydrogen-bond acceptors (Lipinski definition) is 8. The molecule has 8 aromatic rings. The first-order valence-corrected chi connectivity index (χ1v) is 20.1. The zero-order chi connectivity index (χ0) is 41.1. The quantitative estimate of drug-likeness (QED) is 0.0907. The van der Waals surface area contributed by atoms with Crippen molar-refractivity contribution in [2.24, 2.45) is 0 Å². The molecule has 0 amide bonds. The molecule has 1 aliphatic rings. The summed E-state index contributed by atoms with van der Waals surface area (Å²) >= 11 is 11.8. The Hall–Kier alpha value is -6.15. The van der Waals surface area contributed by atoms with E-state index in [9.17, 15) is 38.8 Å². The topological polar surface area (TPSA) is 168 Å². The van der Waals surface area contributed by atoms with E-state index < -0.39 is 71.7 Å². The number of sulfonamides is 2. The van der Waals surface area contributed by atoms with Crippen LogP contribution >= 0.6 is 23.2 Å². The number of benzene rings is 4. The molecule has 1 aliphatic heterocycles. The summed E-state index contributed by atoms with van der Waals surface area (Å²) in [6.07, 6.45) is 3.33. The Morgan fingerprint density at radius 1 is 0.690 bits per heavy atom. The highest BCUT2D eigenvalue weighted by Gasteiger charge is 2.44. The largest absolute Gasteiger partial charge is 0.586 e. The van der Waals surface area contributed by atoms with Gasteiger partial charge in [-0.1, -0.05) is 47.5 Å². The number of H-pyrrole nitrogens is 2. The minimum absolute atomic E-state index is 0.149. The molecule has 58 heavy (non-hydrogen) atoms. The fourth-order valence-corrected chi connectivity index (χ4v) is 8.98. The van der Waals surface area contributed by atoms with Gasteiger partial charge < -0.3 is 19.4 Å². The van der Waals surface area contributed by atoms with Crippen LogP contribution in [0.1, 0.15) is 0 Å². The number of nitrogens with one attached hydrogen (secondary N) is 4. The number of ether oxygens (including phenoxy) is 2. The van der Waals surface area contributed by atoms with E-state index in [1.54, 1.807) is 55.0 Å². The molecule has 0 saturated carbocycles. The van der Waals surface area contributed by atoms with Crippen LogP contribution in [0.25, 0.3) is 43.8 Å². The highest BCUT2D eigenvalue weighted by molar-refractivity contribution is 7.93. The summed E-state index contributed by atoms with van der Waals surface area (Å²) in [5, 5.41) is 1.43. The molecule has 296 valence electrons. The van der Waals surface area contributed by atoms with Gasteiger partial charge in [0.25, 0.3) is 20.0 Å². The summed E-state index contributed by atoms with van der Waals surface area (Å²) in [5.41, 5.74) is 1.68. The van der Waals surface area contributed by atoms with E-state index in [0.29, 0.717) is 61.7 Å². The molecule has 0 unspecified atom stereocenters. The van der Waals surface area contributed by atoms with Crippen molar-refractivity contribution in [1.29, 1.82) is 0 Å². The van der Waals surface area contributed by atoms with Crippen molar-refractivity contribution in [3.63, 3.8) is 0 Å². The maximum Gasteiger partial charge on any atom is 0.586 e. The third kappa shape index (κ3) is 7.17. The van der Waals surface area contributed by atoms with Gasteiger partial charge in [-0.15, -0.1) is 8.78 Å². The van der Waals surface area contributed by atoms with Crippen LogP contribution < -0.4 is 18.9 Å². The second-order valence-corrected chi connectivity index (χ2v) is 16.5. The monoisotopic (exact) mass is 874 g/mol. The first-order valence-electron chi connectivity index (χ1n) is 16.4. The summed E-state index contributed by atoms with van der Waals surface area (Å²) in [6.45, 7) is 0. The number of halogens is 7. The highest BCUT2D eigenvalue weighted by atomic mass is 35.5. The second kappa shape index (κ2) is 14.3. The predicted octanol–water partition coefficient (Wildman–Crippen LogP) is 9.59. The van der Waals surface area contributed by atoms with E-state index in [1.807, 2.05) is 6.07 Å². The lowest BCUT2D eigenvalue weighted by Crippen LogP contribution is -2.25. The third-order valence-electron chi connectivity index (χ3n) is 8.67. The Labute approximate surface area is 333 Å². The summed E-state index contributed by atoms with van der Waals surface area (Å²) in [4.78, 5) is 13.8. The first kappa shape index (κ1) is 38.7. The average molecular weight is 876 g/mol. The average Bonchev–Trinajstić information content (AvgIpc) is 3.89. The molecule has 0 bridgehead atoms. The summed E-state index contributed by atoms with van der Waals surface area (Å²) in [6, 6.07) is 16.3. The Morgan fingerprint density at radius 3 is 2.12 bits per heavy atom. The number of hydrogen-bond donors (Lipinski definition) is 4. The number of alkyl halides is 2. The molecule has 0 radical (unpaired) electrons. The highest BCUT2D eigenvalue weighted by Crippen LogP contribution is 2.44. The lowest BCUT2D eigenvalue weighted by molar-refractivity contribution is -0.286. The van der Waals surface area contributed by atoms with Crippen molar-refractivity contribution in [2.45, 2.75) is 16.1 Å². The Balaban J connectivity index is 0.000000162. The van der Waals surface area contributed by atoms with E-state index >= 15 is 0 Å². The zero-order valence-electron chi connectivity index (χ0n) is 28.6. The van der Waals surface area contributed by atoms with E-state index in [-0.39, 0.29) is 9.79 Å². The van der Waals surface area contributed by atoms with Crippen LogP contribution in [-0.2, 0) is 20.0 Å². The molecular formula is C37H21Cl2F5N6O6S2. The van der Waals surface area contributed by atoms with E-state index in [0.717, 1.165) is 17.6 Å². The molecular weight excluding hydrogens is 854 g/mol. The summed E-state index contributed by atoms with van der Waals surface area (Å²) < 4.78 is 132. The van der Waals surface area contributed by atoms with Gasteiger partial charge in [0.1, 0.15) is 21.4 Å². The number of aromatic amines is 2. The fourth-order valence-electron chi connectivity index (χ4n) is 6.13. The first-order chi connectivity index (χ1) is 27.5. The van der Waals surface area contributed by atoms with E-state index in [2.05, 4.69) is 38.9 Å². The molecule has 12 nitrogen and oxygen atoms in total. The number of nitrogens with zero attached hydrogens (tertiary/aromatic N) is 2. The van der Waals surface area contributed by atoms with Crippen LogP contribution in [0.2, 0.25) is 10.0 Å². The van der Waals surface area contributed by atoms with Crippen molar-refractivity contribution < 1.29 is 48.3 Å². The molecule has 5 heterocycles. The number of rotatable bonds is 7. The van der Waals surface area contributed by atoms with Crippen LogP contribution in [-0.4, -0.2) is 43.1 Å². The molecule has 4 aromatic carbocycles. The Bertz CT molecular complexity index is 3170. The minimum Gasteiger partial charge on any atom is -0.395 e. The van der Waals surface area contributed by atoms with Crippen LogP contribution in [0.4, 0.5) is 33.3 Å². The standard InChI is InChI=1S/C19H11Cl2F2N3O2S.C18H10F3N3O4S/c20-12-4-3-11-17(9-25-19(11)18(12)10-2-1-5-24-8-10)29(27,28)26-16-7-14(22)13(21)6-15(16)23;19-11-6-13-14(28-18(20,21)27-13)7-12(11)24-29(25,26)15-8-23-17-10(15)4-3-9-2-1-5-22-16(9)17/h1-9,25-26H;1-8,22,24H. The van der Waals surface area contributed by atoms with E-state index in [1.165, 1.54) is 12.3 Å². The van der Waals surface area contributed by atoms with Crippen LogP contribution in [0.5, 0.6) is 11.5 Å². The lowest BCUT2D eigenvalue weighted by atomic mass is 10.0. The van der Waals surface area contributed by atoms with E-state index in [4.69, 9.17) is 23.2 Å². The third-order valence-corrected chi connectivity index (χ3v) is 12.1. The zero-order valence-corrected chi connectivity index (χ0v) is 31.8. The number of fused-ring (bicyclic) bond motifs is 5. The molecule has 21 heteroatoms. The summed E-state index contributed by atoms with van der Waals surface area (Å²) in [7, 11) is -8.53. The van der Waals surface area contributed by atoms with Gasteiger partial charge in [0.05, 0.1) is 38.0 Å². The molecule has 0 saturated heterocycles. The van der Waals surface area contributed by atoms with Crippen LogP contribution in [0.3, 0.4) is 0 Å². The molecule has 4 N–H and O–H groups in total. The SMILES string of the molecule is O=S(=O)(Nc1cc(F)c(Cl)cc1F)c1c[nH]c2c(-c3cccnc3)c(Cl)ccc12.O=S(=O)(Nc1cc2c(cc1F)OC(F)(F)O2)c1cnc2c1ccc1ccc[nH]c12. The molecule has 0 spiro atoms. The maximum absolute atomic E-state index is 14.3. The van der Waals surface area contributed by atoms with Gasteiger partial charge in [-0.2, -0.15) is 0 Å². The second-order valence-electron chi connectivity index (χ2n) is 12.4. The number of anilines is 2. The smallest absolute Gasteiger partial charge is 0.395 e. The van der Waals surface area contributed by atoms with Gasteiger partial charge in [0, 0.05) is 76.5 Å². The van der Waals surface area contributed by atoms with Gasteiger partial charge in [-0.25, -0.2) is 30.0 Å². The van der Waals surface area contributed by atoms with Gasteiger partial charge in [0.15, 0.2) is 17.3 Å². The Morgan fingerprint density at radius 2 is 1.38 bits per heavy atom. The van der Waals surface area contributed by atoms with Gasteiger partial charge in [0.2, 0.25) is 0 Å². The molecule has 4 aromatic heterocycles. The van der Waals surface area contributed by atoms with Crippen molar-refractivity contribution >= 4 is 87.3 Å². The van der Waals surface area contributed by atoms with Crippen molar-refractivity contribution in [2.75, 3.05) is 9.44 Å². The van der Waals surface area contributed by atoms with Gasteiger partial charge in [-0.05, 0) is 30.3 Å². The van der Waals surface area contributed by atoms with Crippen molar-refractivity contribution in [1.82, 2.24) is 19.9 Å². The van der Waals surface area contributed by atoms with Crippen LogP contribution in [0.15, 0.2) is 114 Å². The Kier molecular flexibility index (Phi) is 9.58. The van der Waals surface area contributed by atoms with Crippen molar-refractivity contribution in [3.05, 3.63) is 131 Å². The molecule has 9 rings (SSSR count). The maximum atomic E-state index is 14.3. The normalized spacial score (nSPS) is 13.4. The van der Waals surface area contributed by atoms with Crippen LogP contribution in [0, 0.1) is 17.5 Å². The number of aromatic nitrogens is 4. The minimum atomic E-state index is -4.28. The number of pyridine rings is 2. The lowest BCUT2D eigenvalue weighted by Gasteiger charge is -2.10. The van der Waals surface area contributed by atoms with Gasteiger partial charge >= 0.3 is 6.29 Å². The fraction of sp³-hybridized carbons (Fsp3) is 0.0270. The molecule has 0 aliphatic carbocycles. The predicted molar refractivity (Wildman–Crippen MR) is 206 cm³/mol. The van der Waals surface area contributed by atoms with Gasteiger partial charge in [-0.3, -0.25) is 19.4 Å². The van der Waals surface area contributed by atoms with Crippen molar-refractivity contribution in [3.8, 4) is 22.6 Å². The molecule has 0 fully saturated rings.